The average Bonchev–Trinajstić information content (AvgIpc) is 2.86. The molecule has 1 aliphatic rings. The number of rotatable bonds is 5. The first kappa shape index (κ1) is 15.9. The van der Waals surface area contributed by atoms with E-state index in [1.165, 1.54) is 7.11 Å². The van der Waals surface area contributed by atoms with Gasteiger partial charge in [-0.15, -0.1) is 0 Å². The van der Waals surface area contributed by atoms with Gasteiger partial charge in [-0.2, -0.15) is 0 Å². The Labute approximate surface area is 128 Å². The zero-order chi connectivity index (χ0) is 15.2. The fraction of sp³-hybridized carbons (Fsp3) is 0.500. The van der Waals surface area contributed by atoms with E-state index in [4.69, 9.17) is 25.8 Å². The lowest BCUT2D eigenvalue weighted by Gasteiger charge is -2.19. The van der Waals surface area contributed by atoms with Crippen LogP contribution in [0.5, 0.6) is 5.75 Å². The van der Waals surface area contributed by atoms with Gasteiger partial charge in [0.25, 0.3) is 0 Å². The maximum Gasteiger partial charge on any atom is 0.319 e. The summed E-state index contributed by atoms with van der Waals surface area (Å²) in [4.78, 5) is 12.1. The van der Waals surface area contributed by atoms with E-state index in [0.29, 0.717) is 36.3 Å². The first-order valence-electron chi connectivity index (χ1n) is 6.74. The number of carbonyl (C=O) groups excluding carboxylic acids is 1. The van der Waals surface area contributed by atoms with Gasteiger partial charge in [0.05, 0.1) is 32.1 Å². The average molecular weight is 315 g/mol. The molecule has 1 fully saturated rings. The van der Waals surface area contributed by atoms with Gasteiger partial charge >= 0.3 is 6.03 Å². The molecular formula is C14H19ClN2O4. The van der Waals surface area contributed by atoms with E-state index in [1.54, 1.807) is 18.2 Å². The fourth-order valence-corrected chi connectivity index (χ4v) is 2.32. The van der Waals surface area contributed by atoms with Crippen molar-refractivity contribution in [1.29, 1.82) is 0 Å². The van der Waals surface area contributed by atoms with Gasteiger partial charge in [0.2, 0.25) is 0 Å². The highest BCUT2D eigenvalue weighted by Gasteiger charge is 2.30. The van der Waals surface area contributed by atoms with Gasteiger partial charge in [0.15, 0.2) is 0 Å². The second kappa shape index (κ2) is 7.49. The lowest BCUT2D eigenvalue weighted by atomic mass is 10.2. The summed E-state index contributed by atoms with van der Waals surface area (Å²) in [6, 6.07) is 4.50. The van der Waals surface area contributed by atoms with E-state index in [2.05, 4.69) is 10.6 Å². The maximum atomic E-state index is 12.1. The number of amides is 2. The molecule has 2 N–H and O–H groups in total. The highest BCUT2D eigenvalue weighted by molar-refractivity contribution is 6.31. The Bertz CT molecular complexity index is 498. The van der Waals surface area contributed by atoms with Crippen molar-refractivity contribution in [3.63, 3.8) is 0 Å². The fourth-order valence-electron chi connectivity index (χ4n) is 2.15. The van der Waals surface area contributed by atoms with Gasteiger partial charge in [0, 0.05) is 11.6 Å². The van der Waals surface area contributed by atoms with Gasteiger partial charge in [-0.1, -0.05) is 11.6 Å². The second-order valence-corrected chi connectivity index (χ2v) is 5.02. The van der Waals surface area contributed by atoms with Crippen molar-refractivity contribution >= 4 is 23.3 Å². The normalized spacial score (nSPS) is 21.1. The summed E-state index contributed by atoms with van der Waals surface area (Å²) in [6.07, 6.45) is -0.123. The molecule has 116 valence electrons. The van der Waals surface area contributed by atoms with E-state index in [9.17, 15) is 4.79 Å². The molecule has 1 saturated heterocycles. The zero-order valence-corrected chi connectivity index (χ0v) is 12.8. The molecule has 1 aromatic carbocycles. The standard InChI is InChI=1S/C14H19ClN2O4/c1-3-21-13-8-20-7-11(13)17-14(18)16-10-6-9(15)4-5-12(10)19-2/h4-6,11,13H,3,7-8H2,1-2H3,(H2,16,17,18)/t11-,13-/m0/s1. The van der Waals surface area contributed by atoms with Crippen LogP contribution in [0.1, 0.15) is 6.92 Å². The SMILES string of the molecule is CCO[C@H]1COC[C@@H]1NC(=O)Nc1cc(Cl)ccc1OC. The minimum Gasteiger partial charge on any atom is -0.495 e. The summed E-state index contributed by atoms with van der Waals surface area (Å²) >= 11 is 5.92. The van der Waals surface area contributed by atoms with Crippen molar-refractivity contribution in [1.82, 2.24) is 5.32 Å². The van der Waals surface area contributed by atoms with Crippen molar-refractivity contribution in [2.45, 2.75) is 19.1 Å². The number of nitrogens with one attached hydrogen (secondary N) is 2. The summed E-state index contributed by atoms with van der Waals surface area (Å²) < 4.78 is 16.0. The van der Waals surface area contributed by atoms with Crippen LogP contribution in [0.4, 0.5) is 10.5 Å². The minimum atomic E-state index is -0.351. The molecule has 0 spiro atoms. The molecule has 0 radical (unpaired) electrons. The summed E-state index contributed by atoms with van der Waals surface area (Å²) in [7, 11) is 1.53. The zero-order valence-electron chi connectivity index (χ0n) is 12.0. The quantitative estimate of drug-likeness (QED) is 0.875. The van der Waals surface area contributed by atoms with E-state index in [1.807, 2.05) is 6.92 Å². The lowest BCUT2D eigenvalue weighted by Crippen LogP contribution is -2.45. The largest absolute Gasteiger partial charge is 0.495 e. The van der Waals surface area contributed by atoms with E-state index < -0.39 is 0 Å². The Morgan fingerprint density at radius 2 is 2.29 bits per heavy atom. The number of hydrogen-bond acceptors (Lipinski definition) is 4. The number of benzene rings is 1. The first-order chi connectivity index (χ1) is 10.1. The molecule has 21 heavy (non-hydrogen) atoms. The van der Waals surface area contributed by atoms with E-state index in [0.717, 1.165) is 0 Å². The van der Waals surface area contributed by atoms with Crippen molar-refractivity contribution in [3.05, 3.63) is 23.2 Å². The molecule has 6 nitrogen and oxygen atoms in total. The Kier molecular flexibility index (Phi) is 5.67. The lowest BCUT2D eigenvalue weighted by molar-refractivity contribution is 0.0428. The molecule has 2 rings (SSSR count). The van der Waals surface area contributed by atoms with Gasteiger partial charge in [-0.25, -0.2) is 4.79 Å². The number of carbonyl (C=O) groups is 1. The Morgan fingerprint density at radius 1 is 1.48 bits per heavy atom. The Morgan fingerprint density at radius 3 is 3.00 bits per heavy atom. The molecule has 2 atom stereocenters. The van der Waals surface area contributed by atoms with Crippen LogP contribution in [0.3, 0.4) is 0 Å². The monoisotopic (exact) mass is 314 g/mol. The number of urea groups is 1. The number of ether oxygens (including phenoxy) is 3. The summed E-state index contributed by atoms with van der Waals surface area (Å²) in [5, 5.41) is 6.07. The van der Waals surface area contributed by atoms with Crippen LogP contribution in [0, 0.1) is 0 Å². The summed E-state index contributed by atoms with van der Waals surface area (Å²) in [5.74, 6) is 0.540. The van der Waals surface area contributed by atoms with Crippen molar-refractivity contribution < 1.29 is 19.0 Å². The van der Waals surface area contributed by atoms with Gasteiger partial charge in [-0.05, 0) is 25.1 Å². The second-order valence-electron chi connectivity index (χ2n) is 4.58. The molecule has 2 amide bonds. The third-order valence-electron chi connectivity index (χ3n) is 3.14. The molecule has 1 aliphatic heterocycles. The topological polar surface area (TPSA) is 68.8 Å². The predicted molar refractivity (Wildman–Crippen MR) is 80.2 cm³/mol. The number of hydrogen-bond donors (Lipinski definition) is 2. The smallest absolute Gasteiger partial charge is 0.319 e. The molecule has 0 bridgehead atoms. The van der Waals surface area contributed by atoms with E-state index in [-0.39, 0.29) is 18.2 Å². The van der Waals surface area contributed by atoms with Crippen LogP contribution in [-0.2, 0) is 9.47 Å². The van der Waals surface area contributed by atoms with Crippen LogP contribution >= 0.6 is 11.6 Å². The van der Waals surface area contributed by atoms with Crippen molar-refractivity contribution in [2.75, 3.05) is 32.2 Å². The Balaban J connectivity index is 1.97. The maximum absolute atomic E-state index is 12.1. The number of halogens is 1. The van der Waals surface area contributed by atoms with Crippen LogP contribution in [0.2, 0.25) is 5.02 Å². The predicted octanol–water partition coefficient (Wildman–Crippen LogP) is 2.27. The summed E-state index contributed by atoms with van der Waals surface area (Å²) in [5.41, 5.74) is 0.509. The van der Waals surface area contributed by atoms with Gasteiger partial charge < -0.3 is 24.8 Å². The number of anilines is 1. The molecule has 7 heteroatoms. The van der Waals surface area contributed by atoms with Crippen molar-refractivity contribution in [3.8, 4) is 5.75 Å². The highest BCUT2D eigenvalue weighted by Crippen LogP contribution is 2.27. The van der Waals surface area contributed by atoms with Crippen LogP contribution in [-0.4, -0.2) is 45.1 Å². The summed E-state index contributed by atoms with van der Waals surface area (Å²) in [6.45, 7) is 3.41. The molecular weight excluding hydrogens is 296 g/mol. The minimum absolute atomic E-state index is 0.123. The Hall–Kier alpha value is -1.50. The highest BCUT2D eigenvalue weighted by atomic mass is 35.5. The van der Waals surface area contributed by atoms with Crippen LogP contribution in [0.25, 0.3) is 0 Å². The number of methoxy groups -OCH3 is 1. The molecule has 0 aliphatic carbocycles. The van der Waals surface area contributed by atoms with Gasteiger partial charge in [-0.3, -0.25) is 0 Å². The van der Waals surface area contributed by atoms with Crippen LogP contribution in [0.15, 0.2) is 18.2 Å². The third kappa shape index (κ3) is 4.23. The third-order valence-corrected chi connectivity index (χ3v) is 3.37. The molecule has 1 heterocycles. The molecule has 0 saturated carbocycles. The van der Waals surface area contributed by atoms with Crippen molar-refractivity contribution in [2.24, 2.45) is 0 Å². The van der Waals surface area contributed by atoms with Gasteiger partial charge in [0.1, 0.15) is 11.9 Å². The molecule has 0 unspecified atom stereocenters. The van der Waals surface area contributed by atoms with Crippen LogP contribution < -0.4 is 15.4 Å². The van der Waals surface area contributed by atoms with E-state index >= 15 is 0 Å². The molecule has 1 aromatic rings. The molecule has 0 aromatic heterocycles. The first-order valence-corrected chi connectivity index (χ1v) is 7.12.